The molecular formula is C22H24N2. The van der Waals surface area contributed by atoms with Gasteiger partial charge in [-0.2, -0.15) is 0 Å². The Morgan fingerprint density at radius 2 is 1.46 bits per heavy atom. The molecule has 2 nitrogen and oxygen atoms in total. The topological polar surface area (TPSA) is 8.17 Å². The number of para-hydroxylation sites is 1. The first kappa shape index (κ1) is 15.2. The highest BCUT2D eigenvalue weighted by Gasteiger charge is 2.20. The first-order valence-corrected chi connectivity index (χ1v) is 8.88. The van der Waals surface area contributed by atoms with E-state index < -0.39 is 0 Å². The second-order valence-electron chi connectivity index (χ2n) is 6.72. The minimum absolute atomic E-state index is 0.733. The molecule has 0 atom stereocenters. The van der Waals surface area contributed by atoms with Crippen molar-refractivity contribution >= 4 is 0 Å². The lowest BCUT2D eigenvalue weighted by molar-refractivity contribution is 0.204. The van der Waals surface area contributed by atoms with E-state index in [1.807, 2.05) is 0 Å². The van der Waals surface area contributed by atoms with Gasteiger partial charge >= 0.3 is 0 Å². The smallest absolute Gasteiger partial charge is 0.0449 e. The molecule has 122 valence electrons. The van der Waals surface area contributed by atoms with Gasteiger partial charge in [-0.05, 0) is 61.2 Å². The molecule has 24 heavy (non-hydrogen) atoms. The lowest BCUT2D eigenvalue weighted by atomic mass is 9.89. The Morgan fingerprint density at radius 3 is 2.17 bits per heavy atom. The predicted octanol–water partition coefficient (Wildman–Crippen LogP) is 4.86. The van der Waals surface area contributed by atoms with Crippen molar-refractivity contribution in [1.82, 2.24) is 9.47 Å². The molecule has 1 fully saturated rings. The van der Waals surface area contributed by atoms with Crippen LogP contribution in [0.1, 0.15) is 29.9 Å². The van der Waals surface area contributed by atoms with Gasteiger partial charge in [0.05, 0.1) is 0 Å². The lowest BCUT2D eigenvalue weighted by Gasteiger charge is -2.32. The van der Waals surface area contributed by atoms with Crippen LogP contribution in [0.3, 0.4) is 0 Å². The van der Waals surface area contributed by atoms with E-state index in [2.05, 4.69) is 88.6 Å². The minimum Gasteiger partial charge on any atom is -0.324 e. The zero-order valence-corrected chi connectivity index (χ0v) is 14.0. The molecule has 0 bridgehead atoms. The molecule has 4 rings (SSSR count). The highest BCUT2D eigenvalue weighted by atomic mass is 15.1. The number of piperidine rings is 1. The van der Waals surface area contributed by atoms with E-state index in [9.17, 15) is 0 Å². The monoisotopic (exact) mass is 316 g/mol. The van der Waals surface area contributed by atoms with Gasteiger partial charge in [-0.1, -0.05) is 48.5 Å². The molecule has 0 spiro atoms. The first-order chi connectivity index (χ1) is 11.9. The summed E-state index contributed by atoms with van der Waals surface area (Å²) in [4.78, 5) is 2.59. The Balaban J connectivity index is 1.35. The van der Waals surface area contributed by atoms with Crippen LogP contribution in [0.5, 0.6) is 0 Å². The van der Waals surface area contributed by atoms with Gasteiger partial charge in [-0.25, -0.2) is 0 Å². The molecule has 0 N–H and O–H groups in total. The van der Waals surface area contributed by atoms with Crippen LogP contribution in [0, 0.1) is 0 Å². The molecule has 1 aliphatic rings. The van der Waals surface area contributed by atoms with Gasteiger partial charge in [0.2, 0.25) is 0 Å². The van der Waals surface area contributed by atoms with Crippen LogP contribution in [-0.4, -0.2) is 22.6 Å². The molecule has 1 saturated heterocycles. The molecule has 1 aromatic heterocycles. The number of nitrogens with zero attached hydrogens (tertiary/aromatic N) is 2. The Morgan fingerprint density at radius 1 is 0.792 bits per heavy atom. The quantitative estimate of drug-likeness (QED) is 0.667. The average molecular weight is 316 g/mol. The number of benzene rings is 2. The summed E-state index contributed by atoms with van der Waals surface area (Å²) in [6.07, 6.45) is 6.97. The lowest BCUT2D eigenvalue weighted by Crippen LogP contribution is -2.32. The van der Waals surface area contributed by atoms with Crippen LogP contribution in [0.15, 0.2) is 79.1 Å². The van der Waals surface area contributed by atoms with E-state index in [1.165, 1.54) is 42.7 Å². The van der Waals surface area contributed by atoms with E-state index in [0.29, 0.717) is 0 Å². The third-order valence-electron chi connectivity index (χ3n) is 5.07. The molecule has 0 aliphatic carbocycles. The van der Waals surface area contributed by atoms with E-state index in [1.54, 1.807) is 0 Å². The molecule has 2 heteroatoms. The largest absolute Gasteiger partial charge is 0.324 e. The van der Waals surface area contributed by atoms with Crippen molar-refractivity contribution in [3.8, 4) is 5.69 Å². The van der Waals surface area contributed by atoms with E-state index >= 15 is 0 Å². The highest BCUT2D eigenvalue weighted by Crippen LogP contribution is 2.28. The summed E-state index contributed by atoms with van der Waals surface area (Å²) in [6.45, 7) is 3.44. The van der Waals surface area contributed by atoms with Gasteiger partial charge in [0.1, 0.15) is 0 Å². The van der Waals surface area contributed by atoms with Crippen molar-refractivity contribution in [2.45, 2.75) is 25.3 Å². The Kier molecular flexibility index (Phi) is 4.48. The van der Waals surface area contributed by atoms with Crippen LogP contribution in [0.4, 0.5) is 0 Å². The molecule has 0 saturated carbocycles. The summed E-state index contributed by atoms with van der Waals surface area (Å²) in [5.74, 6) is 0.733. The number of aromatic nitrogens is 1. The summed E-state index contributed by atoms with van der Waals surface area (Å²) in [6, 6.07) is 23.8. The summed E-state index contributed by atoms with van der Waals surface area (Å²) >= 11 is 0. The van der Waals surface area contributed by atoms with Crippen molar-refractivity contribution < 1.29 is 0 Å². The summed E-state index contributed by atoms with van der Waals surface area (Å²) < 4.78 is 2.21. The standard InChI is InChI=1S/C22H24N2/c1-3-7-20(8-4-1)21-12-14-23(15-13-21)17-19-11-16-24(18-19)22-9-5-2-6-10-22/h1-11,16,18,21H,12-15,17H2. The van der Waals surface area contributed by atoms with Crippen LogP contribution in [0.25, 0.3) is 5.69 Å². The number of likely N-dealkylation sites (tertiary alicyclic amines) is 1. The number of rotatable bonds is 4. The Bertz CT molecular complexity index is 753. The fourth-order valence-corrected chi connectivity index (χ4v) is 3.70. The van der Waals surface area contributed by atoms with E-state index in [0.717, 1.165) is 12.5 Å². The fourth-order valence-electron chi connectivity index (χ4n) is 3.70. The fraction of sp³-hybridized carbons (Fsp3) is 0.273. The van der Waals surface area contributed by atoms with Crippen molar-refractivity contribution in [1.29, 1.82) is 0 Å². The summed E-state index contributed by atoms with van der Waals surface area (Å²) in [5, 5.41) is 0. The van der Waals surface area contributed by atoms with Gasteiger partial charge in [-0.15, -0.1) is 0 Å². The Labute approximate surface area is 144 Å². The highest BCUT2D eigenvalue weighted by molar-refractivity contribution is 5.33. The van der Waals surface area contributed by atoms with Gasteiger partial charge in [0.25, 0.3) is 0 Å². The SMILES string of the molecule is c1ccc(C2CCN(Cc3ccn(-c4ccccc4)c3)CC2)cc1. The zero-order valence-electron chi connectivity index (χ0n) is 14.0. The van der Waals surface area contributed by atoms with Crippen molar-refractivity contribution in [3.63, 3.8) is 0 Å². The molecule has 2 heterocycles. The normalized spacial score (nSPS) is 16.3. The summed E-state index contributed by atoms with van der Waals surface area (Å²) in [7, 11) is 0. The number of hydrogen-bond acceptors (Lipinski definition) is 1. The second kappa shape index (κ2) is 7.06. The van der Waals surface area contributed by atoms with Crippen molar-refractivity contribution in [2.24, 2.45) is 0 Å². The van der Waals surface area contributed by atoms with Gasteiger partial charge in [0, 0.05) is 24.6 Å². The minimum atomic E-state index is 0.733. The van der Waals surface area contributed by atoms with E-state index in [-0.39, 0.29) is 0 Å². The molecule has 0 radical (unpaired) electrons. The summed E-state index contributed by atoms with van der Waals surface area (Å²) in [5.41, 5.74) is 4.14. The maximum Gasteiger partial charge on any atom is 0.0449 e. The third-order valence-corrected chi connectivity index (χ3v) is 5.07. The van der Waals surface area contributed by atoms with E-state index in [4.69, 9.17) is 0 Å². The average Bonchev–Trinajstić information content (AvgIpc) is 3.12. The van der Waals surface area contributed by atoms with Gasteiger partial charge in [-0.3, -0.25) is 4.90 Å². The maximum absolute atomic E-state index is 2.59. The molecular weight excluding hydrogens is 292 g/mol. The van der Waals surface area contributed by atoms with Crippen LogP contribution < -0.4 is 0 Å². The van der Waals surface area contributed by atoms with Crippen LogP contribution >= 0.6 is 0 Å². The van der Waals surface area contributed by atoms with Crippen molar-refractivity contribution in [2.75, 3.05) is 13.1 Å². The molecule has 0 unspecified atom stereocenters. The molecule has 0 amide bonds. The number of hydrogen-bond donors (Lipinski definition) is 0. The van der Waals surface area contributed by atoms with Gasteiger partial charge < -0.3 is 4.57 Å². The van der Waals surface area contributed by atoms with Crippen LogP contribution in [-0.2, 0) is 6.54 Å². The first-order valence-electron chi connectivity index (χ1n) is 8.88. The molecule has 3 aromatic rings. The van der Waals surface area contributed by atoms with Crippen LogP contribution in [0.2, 0.25) is 0 Å². The van der Waals surface area contributed by atoms with Gasteiger partial charge in [0.15, 0.2) is 0 Å². The third kappa shape index (κ3) is 3.44. The maximum atomic E-state index is 2.59. The zero-order chi connectivity index (χ0) is 16.2. The Hall–Kier alpha value is -2.32. The molecule has 2 aromatic carbocycles. The molecule has 1 aliphatic heterocycles. The second-order valence-corrected chi connectivity index (χ2v) is 6.72. The predicted molar refractivity (Wildman–Crippen MR) is 99.5 cm³/mol. The van der Waals surface area contributed by atoms with Crippen molar-refractivity contribution in [3.05, 3.63) is 90.3 Å².